The Balaban J connectivity index is 2.03. The van der Waals surface area contributed by atoms with E-state index in [9.17, 15) is 14.9 Å². The van der Waals surface area contributed by atoms with E-state index in [4.69, 9.17) is 10.5 Å². The zero-order valence-electron chi connectivity index (χ0n) is 14.7. The number of aromatic nitrogens is 3. The molecule has 9 heteroatoms. The number of nitrogens with one attached hydrogen (secondary N) is 2. The summed E-state index contributed by atoms with van der Waals surface area (Å²) < 4.78 is 6.43. The van der Waals surface area contributed by atoms with Gasteiger partial charge in [-0.2, -0.15) is 5.26 Å². The summed E-state index contributed by atoms with van der Waals surface area (Å²) in [6, 6.07) is 5.65. The average Bonchev–Trinajstić information content (AvgIpc) is 3.37. The van der Waals surface area contributed by atoms with E-state index in [1.165, 1.54) is 13.3 Å². The number of imidazole rings is 1. The van der Waals surface area contributed by atoms with Gasteiger partial charge in [-0.05, 0) is 25.0 Å². The van der Waals surface area contributed by atoms with Gasteiger partial charge in [-0.1, -0.05) is 0 Å². The number of nitrogens with two attached hydrogens (primary N) is 1. The summed E-state index contributed by atoms with van der Waals surface area (Å²) in [5.41, 5.74) is 8.82. The Morgan fingerprint density at radius 2 is 1.85 bits per heavy atom. The van der Waals surface area contributed by atoms with Crippen molar-refractivity contribution in [1.82, 2.24) is 14.5 Å². The number of hydrogen-bond donors (Lipinski definition) is 3. The first-order chi connectivity index (χ1) is 13.0. The topological polar surface area (TPSA) is 133 Å². The molecule has 0 aliphatic carbocycles. The number of carbonyl (C=O) groups excluding carboxylic acids is 1. The predicted molar refractivity (Wildman–Crippen MR) is 100 cm³/mol. The number of rotatable bonds is 3. The standard InChI is InChI=1S/C18H18N6O3/c1-27-17(25)16-15(20)10(8-19)9-24(16)14-7-12-11(21-18(26)22-12)6-13(14)23-4-2-3-5-23/h6-7,9H,2-5,20H2,1H3,(H2,21,22,26). The normalized spacial score (nSPS) is 13.9. The molecule has 3 heterocycles. The molecule has 27 heavy (non-hydrogen) atoms. The van der Waals surface area contributed by atoms with Crippen molar-refractivity contribution < 1.29 is 9.53 Å². The summed E-state index contributed by atoms with van der Waals surface area (Å²) in [6.07, 6.45) is 3.64. The molecule has 0 bridgehead atoms. The van der Waals surface area contributed by atoms with Crippen molar-refractivity contribution in [2.24, 2.45) is 0 Å². The van der Waals surface area contributed by atoms with Crippen LogP contribution >= 0.6 is 0 Å². The maximum absolute atomic E-state index is 12.3. The number of anilines is 2. The van der Waals surface area contributed by atoms with Crippen LogP contribution in [0.2, 0.25) is 0 Å². The number of aromatic amines is 2. The first-order valence-corrected chi connectivity index (χ1v) is 8.54. The molecule has 0 spiro atoms. The van der Waals surface area contributed by atoms with Gasteiger partial charge in [0.1, 0.15) is 6.07 Å². The van der Waals surface area contributed by atoms with Gasteiger partial charge in [0, 0.05) is 19.3 Å². The second-order valence-electron chi connectivity index (χ2n) is 6.44. The summed E-state index contributed by atoms with van der Waals surface area (Å²) in [5.74, 6) is -0.635. The molecule has 0 amide bonds. The van der Waals surface area contributed by atoms with Crippen LogP contribution in [-0.2, 0) is 4.74 Å². The summed E-state index contributed by atoms with van der Waals surface area (Å²) in [5, 5.41) is 9.36. The van der Waals surface area contributed by atoms with Crippen LogP contribution in [0.1, 0.15) is 28.9 Å². The van der Waals surface area contributed by atoms with E-state index in [1.54, 1.807) is 10.6 Å². The highest BCUT2D eigenvalue weighted by Crippen LogP contribution is 2.34. The molecule has 138 valence electrons. The van der Waals surface area contributed by atoms with Crippen LogP contribution in [0.3, 0.4) is 0 Å². The Kier molecular flexibility index (Phi) is 3.88. The van der Waals surface area contributed by atoms with Gasteiger partial charge >= 0.3 is 11.7 Å². The molecule has 0 radical (unpaired) electrons. The minimum Gasteiger partial charge on any atom is -0.464 e. The summed E-state index contributed by atoms with van der Waals surface area (Å²) >= 11 is 0. The zero-order valence-corrected chi connectivity index (χ0v) is 14.7. The molecule has 1 aliphatic rings. The van der Waals surface area contributed by atoms with Crippen LogP contribution in [0.5, 0.6) is 0 Å². The SMILES string of the molecule is COC(=O)c1c(N)c(C#N)cn1-c1cc2[nH]c(=O)[nH]c2cc1N1CCCC1. The van der Waals surface area contributed by atoms with Crippen molar-refractivity contribution in [2.75, 3.05) is 30.8 Å². The molecule has 4 rings (SSSR count). The fourth-order valence-corrected chi connectivity index (χ4v) is 3.57. The zero-order chi connectivity index (χ0) is 19.1. The smallest absolute Gasteiger partial charge is 0.357 e. The average molecular weight is 366 g/mol. The minimum absolute atomic E-state index is 0.0689. The Morgan fingerprint density at radius 1 is 1.22 bits per heavy atom. The quantitative estimate of drug-likeness (QED) is 0.602. The van der Waals surface area contributed by atoms with E-state index < -0.39 is 5.97 Å². The monoisotopic (exact) mass is 366 g/mol. The van der Waals surface area contributed by atoms with Crippen LogP contribution in [0, 0.1) is 11.3 Å². The van der Waals surface area contributed by atoms with Gasteiger partial charge < -0.3 is 29.9 Å². The van der Waals surface area contributed by atoms with E-state index in [0.717, 1.165) is 31.6 Å². The molecular weight excluding hydrogens is 348 g/mol. The number of nitrogen functional groups attached to an aromatic ring is 1. The van der Waals surface area contributed by atoms with Crippen molar-refractivity contribution in [2.45, 2.75) is 12.8 Å². The van der Waals surface area contributed by atoms with Crippen LogP contribution in [-0.4, -0.2) is 40.7 Å². The van der Waals surface area contributed by atoms with Gasteiger partial charge in [0.25, 0.3) is 0 Å². The Bertz CT molecular complexity index is 1140. The highest BCUT2D eigenvalue weighted by Gasteiger charge is 2.25. The molecule has 0 unspecified atom stereocenters. The molecule has 2 aromatic heterocycles. The van der Waals surface area contributed by atoms with E-state index in [0.29, 0.717) is 16.7 Å². The van der Waals surface area contributed by atoms with Crippen LogP contribution in [0.25, 0.3) is 16.7 Å². The van der Waals surface area contributed by atoms with Crippen molar-refractivity contribution in [1.29, 1.82) is 5.26 Å². The molecule has 9 nitrogen and oxygen atoms in total. The number of esters is 1. The molecule has 1 fully saturated rings. The maximum Gasteiger partial charge on any atom is 0.357 e. The van der Waals surface area contributed by atoms with Crippen molar-refractivity contribution in [3.63, 3.8) is 0 Å². The van der Waals surface area contributed by atoms with Crippen molar-refractivity contribution in [3.8, 4) is 11.8 Å². The number of methoxy groups -OCH3 is 1. The number of hydrogen-bond acceptors (Lipinski definition) is 6. The lowest BCUT2D eigenvalue weighted by Gasteiger charge is -2.22. The third kappa shape index (κ3) is 2.62. The third-order valence-corrected chi connectivity index (χ3v) is 4.86. The highest BCUT2D eigenvalue weighted by atomic mass is 16.5. The molecule has 1 aromatic carbocycles. The van der Waals surface area contributed by atoms with E-state index in [2.05, 4.69) is 14.9 Å². The van der Waals surface area contributed by atoms with E-state index >= 15 is 0 Å². The lowest BCUT2D eigenvalue weighted by atomic mass is 10.2. The molecule has 0 atom stereocenters. The Labute approximate surface area is 153 Å². The summed E-state index contributed by atoms with van der Waals surface area (Å²) in [6.45, 7) is 1.73. The van der Waals surface area contributed by atoms with Gasteiger partial charge in [-0.3, -0.25) is 0 Å². The number of H-pyrrole nitrogens is 2. The molecule has 3 aromatic rings. The number of nitrogens with zero attached hydrogens (tertiary/aromatic N) is 3. The van der Waals surface area contributed by atoms with E-state index in [1.807, 2.05) is 12.1 Å². The molecule has 1 saturated heterocycles. The number of ether oxygens (including phenoxy) is 1. The maximum atomic E-state index is 12.3. The highest BCUT2D eigenvalue weighted by molar-refractivity contribution is 5.97. The van der Waals surface area contributed by atoms with Crippen LogP contribution < -0.4 is 16.3 Å². The first-order valence-electron chi connectivity index (χ1n) is 8.54. The van der Waals surface area contributed by atoms with Crippen LogP contribution in [0.15, 0.2) is 23.1 Å². The van der Waals surface area contributed by atoms with Crippen molar-refractivity contribution in [3.05, 3.63) is 40.1 Å². The second-order valence-corrected chi connectivity index (χ2v) is 6.44. The largest absolute Gasteiger partial charge is 0.464 e. The van der Waals surface area contributed by atoms with Gasteiger partial charge in [-0.25, -0.2) is 9.59 Å². The molecule has 1 aliphatic heterocycles. The number of nitriles is 1. The first kappa shape index (κ1) is 16.8. The van der Waals surface area contributed by atoms with Gasteiger partial charge in [-0.15, -0.1) is 0 Å². The lowest BCUT2D eigenvalue weighted by molar-refractivity contribution is 0.0593. The van der Waals surface area contributed by atoms with Crippen LogP contribution in [0.4, 0.5) is 11.4 Å². The van der Waals surface area contributed by atoms with E-state index in [-0.39, 0.29) is 22.6 Å². The molecular formula is C18H18N6O3. The molecule has 0 saturated carbocycles. The van der Waals surface area contributed by atoms with Gasteiger partial charge in [0.05, 0.1) is 40.8 Å². The van der Waals surface area contributed by atoms with Crippen molar-refractivity contribution >= 4 is 28.4 Å². The minimum atomic E-state index is -0.635. The Hall–Kier alpha value is -3.67. The molecule has 4 N–H and O–H groups in total. The number of carbonyl (C=O) groups is 1. The summed E-state index contributed by atoms with van der Waals surface area (Å²) in [7, 11) is 1.26. The second kappa shape index (κ2) is 6.25. The summed E-state index contributed by atoms with van der Waals surface area (Å²) in [4.78, 5) is 31.7. The third-order valence-electron chi connectivity index (χ3n) is 4.86. The Morgan fingerprint density at radius 3 is 2.44 bits per heavy atom. The number of benzene rings is 1. The lowest BCUT2D eigenvalue weighted by Crippen LogP contribution is -2.21. The van der Waals surface area contributed by atoms with Gasteiger partial charge in [0.2, 0.25) is 0 Å². The fourth-order valence-electron chi connectivity index (χ4n) is 3.57. The predicted octanol–water partition coefficient (Wildman–Crippen LogP) is 1.49. The van der Waals surface area contributed by atoms with Gasteiger partial charge in [0.15, 0.2) is 5.69 Å². The fraction of sp³-hybridized carbons (Fsp3) is 0.278. The number of fused-ring (bicyclic) bond motifs is 1.